The summed E-state index contributed by atoms with van der Waals surface area (Å²) < 4.78 is 68.8. The number of ether oxygens (including phenoxy) is 4. The predicted molar refractivity (Wildman–Crippen MR) is 437 cm³/mol. The fourth-order valence-electron chi connectivity index (χ4n) is 13.6. The highest BCUT2D eigenvalue weighted by atomic mass is 31.2. The van der Waals surface area contributed by atoms with Gasteiger partial charge in [-0.25, -0.2) is 9.13 Å². The Morgan fingerprint density at radius 2 is 0.481 bits per heavy atom. The molecule has 0 bridgehead atoms. The van der Waals surface area contributed by atoms with Gasteiger partial charge in [0.1, 0.15) is 19.3 Å². The smallest absolute Gasteiger partial charge is 0.462 e. The maximum atomic E-state index is 13.2. The van der Waals surface area contributed by atoms with E-state index in [2.05, 4.69) is 41.5 Å². The number of unbranched alkanes of at least 4 members (excludes halogenated alkanes) is 55. The number of aliphatic hydroxyl groups is 1. The minimum Gasteiger partial charge on any atom is -0.462 e. The van der Waals surface area contributed by atoms with Crippen LogP contribution in [-0.2, 0) is 65.4 Å². The molecule has 0 saturated heterocycles. The van der Waals surface area contributed by atoms with E-state index in [1.165, 1.54) is 276 Å². The van der Waals surface area contributed by atoms with Gasteiger partial charge in [0.15, 0.2) is 12.2 Å². The van der Waals surface area contributed by atoms with E-state index in [1.54, 1.807) is 0 Å². The summed E-state index contributed by atoms with van der Waals surface area (Å²) in [7, 11) is -9.92. The van der Waals surface area contributed by atoms with Crippen molar-refractivity contribution < 1.29 is 80.2 Å². The molecule has 0 aromatic rings. The summed E-state index contributed by atoms with van der Waals surface area (Å²) in [6.07, 6.45) is 71.0. The lowest BCUT2D eigenvalue weighted by Gasteiger charge is -2.21. The number of hydrogen-bond acceptors (Lipinski definition) is 15. The van der Waals surface area contributed by atoms with Crippen molar-refractivity contribution in [1.29, 1.82) is 0 Å². The Balaban J connectivity index is 5.18. The van der Waals surface area contributed by atoms with Gasteiger partial charge in [-0.3, -0.25) is 37.3 Å². The maximum absolute atomic E-state index is 13.2. The molecule has 0 aliphatic rings. The first kappa shape index (κ1) is 104. The van der Waals surface area contributed by atoms with Crippen LogP contribution in [0, 0.1) is 11.8 Å². The molecule has 0 rings (SSSR count). The van der Waals surface area contributed by atoms with Gasteiger partial charge in [0.05, 0.1) is 26.4 Å². The second kappa shape index (κ2) is 78.3. The Hall–Kier alpha value is -1.94. The van der Waals surface area contributed by atoms with Crippen LogP contribution in [0.15, 0.2) is 0 Å². The zero-order valence-corrected chi connectivity index (χ0v) is 71.5. The van der Waals surface area contributed by atoms with Crippen molar-refractivity contribution in [2.45, 2.75) is 484 Å². The molecule has 3 N–H and O–H groups in total. The molecule has 0 heterocycles. The maximum Gasteiger partial charge on any atom is 0.472 e. The number of phosphoric acid groups is 2. The van der Waals surface area contributed by atoms with Crippen molar-refractivity contribution in [3.63, 3.8) is 0 Å². The van der Waals surface area contributed by atoms with E-state index in [4.69, 9.17) is 37.0 Å². The van der Waals surface area contributed by atoms with Gasteiger partial charge in [-0.05, 0) is 37.5 Å². The number of carbonyl (C=O) groups is 4. The van der Waals surface area contributed by atoms with Crippen molar-refractivity contribution in [2.24, 2.45) is 11.8 Å². The second-order valence-electron chi connectivity index (χ2n) is 32.0. The van der Waals surface area contributed by atoms with Gasteiger partial charge in [0.2, 0.25) is 0 Å². The number of carbonyl (C=O) groups excluding carboxylic acids is 4. The predicted octanol–water partition coefficient (Wildman–Crippen LogP) is 26.6. The van der Waals surface area contributed by atoms with Crippen LogP contribution < -0.4 is 0 Å². The Labute approximate surface area is 651 Å². The fourth-order valence-corrected chi connectivity index (χ4v) is 15.1. The van der Waals surface area contributed by atoms with Crippen LogP contribution in [0.25, 0.3) is 0 Å². The third kappa shape index (κ3) is 78.7. The lowest BCUT2D eigenvalue weighted by atomic mass is 9.99. The van der Waals surface area contributed by atoms with Crippen LogP contribution in [0.1, 0.15) is 465 Å². The molecule has 106 heavy (non-hydrogen) atoms. The number of hydrogen-bond donors (Lipinski definition) is 3. The monoisotopic (exact) mass is 1550 g/mol. The molecule has 19 heteroatoms. The summed E-state index contributed by atoms with van der Waals surface area (Å²) >= 11 is 0. The zero-order chi connectivity index (χ0) is 77.8. The molecule has 0 spiro atoms. The average Bonchev–Trinajstić information content (AvgIpc) is 0.903. The molecular formula is C87H170O17P2. The minimum atomic E-state index is -4.97. The summed E-state index contributed by atoms with van der Waals surface area (Å²) in [6, 6.07) is 0. The van der Waals surface area contributed by atoms with Crippen molar-refractivity contribution in [3.05, 3.63) is 0 Å². The minimum absolute atomic E-state index is 0.107. The van der Waals surface area contributed by atoms with Crippen LogP contribution in [0.3, 0.4) is 0 Å². The van der Waals surface area contributed by atoms with E-state index in [9.17, 15) is 43.2 Å². The first-order valence-corrected chi connectivity index (χ1v) is 48.0. The Kier molecular flexibility index (Phi) is 76.9. The van der Waals surface area contributed by atoms with Crippen molar-refractivity contribution in [1.82, 2.24) is 0 Å². The van der Waals surface area contributed by atoms with Crippen LogP contribution >= 0.6 is 15.6 Å². The van der Waals surface area contributed by atoms with E-state index in [-0.39, 0.29) is 25.7 Å². The molecule has 0 aromatic heterocycles. The molecular weight excluding hydrogens is 1380 g/mol. The van der Waals surface area contributed by atoms with E-state index in [0.717, 1.165) is 108 Å². The highest BCUT2D eigenvalue weighted by molar-refractivity contribution is 7.47. The topological polar surface area (TPSA) is 237 Å². The number of phosphoric ester groups is 2. The average molecular weight is 1550 g/mol. The Morgan fingerprint density at radius 3 is 0.717 bits per heavy atom. The zero-order valence-electron chi connectivity index (χ0n) is 69.7. The van der Waals surface area contributed by atoms with Crippen LogP contribution in [0.2, 0.25) is 0 Å². The first-order chi connectivity index (χ1) is 51.4. The summed E-state index contributed by atoms with van der Waals surface area (Å²) in [6.45, 7) is 9.72. The highest BCUT2D eigenvalue weighted by Crippen LogP contribution is 2.45. The van der Waals surface area contributed by atoms with Gasteiger partial charge < -0.3 is 33.8 Å². The molecule has 6 atom stereocenters. The third-order valence-corrected chi connectivity index (χ3v) is 22.7. The summed E-state index contributed by atoms with van der Waals surface area (Å²) in [4.78, 5) is 73.1. The SMILES string of the molecule is CCCCCCCCCCCCCCCCCCCCCCCC(=O)OC[C@H](COP(=O)(O)OC[C@@H](O)COP(=O)(O)OC[C@@H](COC(=O)CCCCCCCCCC)OC(=O)CCCCCCCCCCCCCCC(C)C)OC(=O)CCCCCCCCCCCCCCCCCCCCC(C)CC. The van der Waals surface area contributed by atoms with Crippen molar-refractivity contribution in [2.75, 3.05) is 39.6 Å². The molecule has 0 aromatic carbocycles. The van der Waals surface area contributed by atoms with Gasteiger partial charge in [-0.2, -0.15) is 0 Å². The lowest BCUT2D eigenvalue weighted by molar-refractivity contribution is -0.161. The van der Waals surface area contributed by atoms with Crippen LogP contribution in [-0.4, -0.2) is 96.7 Å². The number of aliphatic hydroxyl groups excluding tert-OH is 1. The highest BCUT2D eigenvalue weighted by Gasteiger charge is 2.30. The van der Waals surface area contributed by atoms with Crippen molar-refractivity contribution in [3.8, 4) is 0 Å². The molecule has 0 aliphatic heterocycles. The van der Waals surface area contributed by atoms with Crippen molar-refractivity contribution >= 4 is 39.5 Å². The normalized spacial score (nSPS) is 14.1. The molecule has 3 unspecified atom stereocenters. The molecule has 0 saturated carbocycles. The van der Waals surface area contributed by atoms with Gasteiger partial charge in [0.25, 0.3) is 0 Å². The molecule has 0 amide bonds. The Morgan fingerprint density at radius 1 is 0.274 bits per heavy atom. The van der Waals surface area contributed by atoms with Gasteiger partial charge >= 0.3 is 39.5 Å². The lowest BCUT2D eigenvalue weighted by Crippen LogP contribution is -2.30. The van der Waals surface area contributed by atoms with E-state index in [1.807, 2.05) is 0 Å². The molecule has 0 fully saturated rings. The standard InChI is InChI=1S/C87H170O17P2/c1-7-10-12-14-16-18-19-20-21-22-23-24-25-29-32-35-41-46-52-58-64-70-85(90)98-76-83(104-86(91)71-65-59-53-47-42-36-33-30-27-26-28-31-34-40-45-50-56-62-68-80(6)9-3)78-102-106(95,96)100-74-81(88)73-99-105(93,94)101-77-82(75-97-84(89)69-63-57-51-17-15-13-11-8-2)103-87(92)72-66-60-54-48-43-38-37-39-44-49-55-61-67-79(4)5/h79-83,88H,7-78H2,1-6H3,(H,93,94)(H,95,96)/t80?,81-,82+,83+/m0/s1. The number of esters is 4. The van der Waals surface area contributed by atoms with E-state index >= 15 is 0 Å². The fraction of sp³-hybridized carbons (Fsp3) is 0.954. The van der Waals surface area contributed by atoms with E-state index in [0.29, 0.717) is 25.7 Å². The summed E-state index contributed by atoms with van der Waals surface area (Å²) in [5, 5.41) is 10.7. The van der Waals surface area contributed by atoms with Gasteiger partial charge in [-0.15, -0.1) is 0 Å². The van der Waals surface area contributed by atoms with Crippen LogP contribution in [0.4, 0.5) is 0 Å². The molecule has 0 radical (unpaired) electrons. The summed E-state index contributed by atoms with van der Waals surface area (Å²) in [5.74, 6) is -0.457. The molecule has 17 nitrogen and oxygen atoms in total. The Bertz CT molecular complexity index is 2030. The molecule has 630 valence electrons. The quantitative estimate of drug-likeness (QED) is 0.0222. The summed E-state index contributed by atoms with van der Waals surface area (Å²) in [5.41, 5.74) is 0. The van der Waals surface area contributed by atoms with Crippen LogP contribution in [0.5, 0.6) is 0 Å². The number of rotatable bonds is 86. The second-order valence-corrected chi connectivity index (χ2v) is 34.9. The first-order valence-electron chi connectivity index (χ1n) is 45.0. The van der Waals surface area contributed by atoms with Gasteiger partial charge in [-0.1, -0.05) is 414 Å². The van der Waals surface area contributed by atoms with E-state index < -0.39 is 97.5 Å². The third-order valence-electron chi connectivity index (χ3n) is 20.8. The molecule has 0 aliphatic carbocycles. The largest absolute Gasteiger partial charge is 0.472 e. The van der Waals surface area contributed by atoms with Gasteiger partial charge in [0, 0.05) is 25.7 Å².